The van der Waals surface area contributed by atoms with E-state index in [-0.39, 0.29) is 42.0 Å². The van der Waals surface area contributed by atoms with Crippen molar-refractivity contribution in [3.63, 3.8) is 0 Å². The number of nitrogens with one attached hydrogen (secondary N) is 1. The average Bonchev–Trinajstić information content (AvgIpc) is 3.17. The van der Waals surface area contributed by atoms with Gasteiger partial charge in [0.1, 0.15) is 6.20 Å². The Morgan fingerprint density at radius 2 is 1.69 bits per heavy atom. The second-order valence-electron chi connectivity index (χ2n) is 9.41. The molecular weight excluding hydrogens is 552 g/mol. The first-order chi connectivity index (χ1) is 17.6. The maximum absolute atomic E-state index is 13.5. The zero-order chi connectivity index (χ0) is 27.9. The van der Waals surface area contributed by atoms with Crippen LogP contribution in [0.4, 0.5) is 38.0 Å². The number of imidazole rings is 1. The Morgan fingerprint density at radius 3 is 2.28 bits per heavy atom. The van der Waals surface area contributed by atoms with Crippen LogP contribution in [0.3, 0.4) is 0 Å². The lowest BCUT2D eigenvalue weighted by Gasteiger charge is -2.15. The molecule has 0 aliphatic rings. The number of halogens is 7. The Morgan fingerprint density at radius 1 is 1.03 bits per heavy atom. The van der Waals surface area contributed by atoms with E-state index in [0.717, 1.165) is 18.2 Å². The molecule has 0 unspecified atom stereocenters. The zero-order valence-electron chi connectivity index (χ0n) is 20.7. The van der Waals surface area contributed by atoms with Crippen LogP contribution in [-0.2, 0) is 28.6 Å². The van der Waals surface area contributed by atoms with Gasteiger partial charge in [0, 0.05) is 11.8 Å². The Labute approximate surface area is 224 Å². The van der Waals surface area contributed by atoms with Gasteiger partial charge in [-0.1, -0.05) is 0 Å². The normalized spacial score (nSPS) is 12.2. The van der Waals surface area contributed by atoms with E-state index in [1.165, 1.54) is 51.9 Å². The molecule has 0 atom stereocenters. The second-order valence-corrected chi connectivity index (χ2v) is 9.41. The van der Waals surface area contributed by atoms with Gasteiger partial charge in [-0.15, -0.1) is 9.61 Å². The van der Waals surface area contributed by atoms with Crippen LogP contribution in [0.2, 0.25) is 0 Å². The van der Waals surface area contributed by atoms with E-state index in [2.05, 4.69) is 15.4 Å². The summed E-state index contributed by atoms with van der Waals surface area (Å²) in [5.41, 5.74) is -2.24. The van der Waals surface area contributed by atoms with Crippen LogP contribution in [0.25, 0.3) is 16.8 Å². The van der Waals surface area contributed by atoms with Gasteiger partial charge >= 0.3 is 24.3 Å². The molecule has 208 valence electrons. The fourth-order valence-electron chi connectivity index (χ4n) is 3.49. The number of rotatable bonds is 5. The molecule has 0 aliphatic carbocycles. The van der Waals surface area contributed by atoms with E-state index in [0.29, 0.717) is 5.52 Å². The standard InChI is InChI=1S/C25H21F6N5O2.ClH/c1-23(2,3)21(37)38-14-35-13-18-11-15(20-19(25(29,30)31)5-4-10-32-20)12-33-36(18)22(35)34-17-8-6-16(7-9-17)24(26,27)28;/h4-13H,14H2,1-3H3;1H. The predicted molar refractivity (Wildman–Crippen MR) is 124 cm³/mol. The molecule has 4 aromatic rings. The van der Waals surface area contributed by atoms with Gasteiger partial charge in [0.2, 0.25) is 6.73 Å². The lowest BCUT2D eigenvalue weighted by Crippen LogP contribution is -3.00. The van der Waals surface area contributed by atoms with Gasteiger partial charge in [0.15, 0.2) is 5.52 Å². The summed E-state index contributed by atoms with van der Waals surface area (Å²) in [6.07, 6.45) is -5.26. The van der Waals surface area contributed by atoms with Crippen molar-refractivity contribution in [3.8, 4) is 11.3 Å². The number of alkyl halides is 6. The number of esters is 1. The number of aromatic nitrogens is 4. The average molecular weight is 574 g/mol. The van der Waals surface area contributed by atoms with Gasteiger partial charge in [-0.2, -0.15) is 30.9 Å². The van der Waals surface area contributed by atoms with Crippen LogP contribution >= 0.6 is 0 Å². The van der Waals surface area contributed by atoms with Crippen molar-refractivity contribution < 1.29 is 52.8 Å². The number of anilines is 2. The topological polar surface area (TPSA) is 72.4 Å². The number of hydrogen-bond acceptors (Lipinski definition) is 5. The largest absolute Gasteiger partial charge is 1.00 e. The van der Waals surface area contributed by atoms with Crippen LogP contribution in [0.5, 0.6) is 0 Å². The molecule has 0 fully saturated rings. The summed E-state index contributed by atoms with van der Waals surface area (Å²) >= 11 is 0. The lowest BCUT2D eigenvalue weighted by molar-refractivity contribution is -0.713. The van der Waals surface area contributed by atoms with Gasteiger partial charge in [0.05, 0.1) is 34.1 Å². The van der Waals surface area contributed by atoms with Gasteiger partial charge in [0.25, 0.3) is 0 Å². The maximum Gasteiger partial charge on any atom is 0.418 e. The van der Waals surface area contributed by atoms with Crippen LogP contribution in [-0.4, -0.2) is 20.6 Å². The summed E-state index contributed by atoms with van der Waals surface area (Å²) < 4.78 is 87.6. The first kappa shape index (κ1) is 29.7. The van der Waals surface area contributed by atoms with Gasteiger partial charge < -0.3 is 17.1 Å². The van der Waals surface area contributed by atoms with Crippen molar-refractivity contribution in [3.05, 3.63) is 72.2 Å². The van der Waals surface area contributed by atoms with Crippen molar-refractivity contribution in [2.75, 3.05) is 5.32 Å². The predicted octanol–water partition coefficient (Wildman–Crippen LogP) is 3.02. The quantitative estimate of drug-likeness (QED) is 0.226. The second kappa shape index (κ2) is 10.7. The molecule has 0 saturated carbocycles. The molecular formula is C25H22ClF6N5O2. The molecule has 3 aromatic heterocycles. The SMILES string of the molecule is CC(C)(C)C(=O)OC[n+]1cc2cc(-c3ncccc3C(F)(F)F)cnn2c1Nc1ccc(C(F)(F)F)cc1.[Cl-]. The van der Waals surface area contributed by atoms with Crippen molar-refractivity contribution in [2.45, 2.75) is 39.9 Å². The Bertz CT molecular complexity index is 1480. The van der Waals surface area contributed by atoms with Crippen LogP contribution in [0.1, 0.15) is 31.9 Å². The Hall–Kier alpha value is -3.87. The van der Waals surface area contributed by atoms with Gasteiger partial charge in [-0.05, 0) is 63.2 Å². The number of ether oxygens (including phenoxy) is 1. The number of pyridine rings is 1. The smallest absolute Gasteiger partial charge is 0.418 e. The summed E-state index contributed by atoms with van der Waals surface area (Å²) in [4.78, 5) is 16.2. The summed E-state index contributed by atoms with van der Waals surface area (Å²) in [6.45, 7) is 4.69. The maximum atomic E-state index is 13.5. The number of fused-ring (bicyclic) bond motifs is 1. The third kappa shape index (κ3) is 6.59. The molecule has 0 radical (unpaired) electrons. The highest BCUT2D eigenvalue weighted by Gasteiger charge is 2.35. The highest BCUT2D eigenvalue weighted by molar-refractivity contribution is 5.75. The Balaban J connectivity index is 0.00000420. The molecule has 4 rings (SSSR count). The van der Waals surface area contributed by atoms with Crippen molar-refractivity contribution >= 4 is 23.1 Å². The Kier molecular flexibility index (Phi) is 8.15. The number of carbonyl (C=O) groups excluding carboxylic acids is 1. The van der Waals surface area contributed by atoms with Crippen LogP contribution in [0, 0.1) is 5.41 Å². The molecule has 0 saturated heterocycles. The zero-order valence-corrected chi connectivity index (χ0v) is 21.5. The van der Waals surface area contributed by atoms with E-state index in [4.69, 9.17) is 4.74 Å². The number of hydrogen-bond donors (Lipinski definition) is 1. The first-order valence-corrected chi connectivity index (χ1v) is 11.2. The summed E-state index contributed by atoms with van der Waals surface area (Å²) in [7, 11) is 0. The molecule has 3 heterocycles. The highest BCUT2D eigenvalue weighted by atomic mass is 35.5. The molecule has 0 amide bonds. The first-order valence-electron chi connectivity index (χ1n) is 11.2. The lowest BCUT2D eigenvalue weighted by atomic mass is 9.98. The monoisotopic (exact) mass is 573 g/mol. The van der Waals surface area contributed by atoms with E-state index >= 15 is 0 Å². The van der Waals surface area contributed by atoms with E-state index in [1.807, 2.05) is 0 Å². The number of carbonyl (C=O) groups is 1. The molecule has 7 nitrogen and oxygen atoms in total. The molecule has 1 aromatic carbocycles. The molecule has 39 heavy (non-hydrogen) atoms. The number of benzene rings is 1. The molecule has 14 heteroatoms. The van der Waals surface area contributed by atoms with E-state index < -0.39 is 34.9 Å². The third-order valence-electron chi connectivity index (χ3n) is 5.42. The summed E-state index contributed by atoms with van der Waals surface area (Å²) in [5, 5.41) is 7.18. The van der Waals surface area contributed by atoms with Gasteiger partial charge in [-0.25, -0.2) is 5.32 Å². The highest BCUT2D eigenvalue weighted by Crippen LogP contribution is 2.36. The fourth-order valence-corrected chi connectivity index (χ4v) is 3.49. The molecule has 0 aliphatic heterocycles. The van der Waals surface area contributed by atoms with E-state index in [9.17, 15) is 31.1 Å². The molecule has 0 spiro atoms. The van der Waals surface area contributed by atoms with Gasteiger partial charge in [-0.3, -0.25) is 9.78 Å². The van der Waals surface area contributed by atoms with Crippen LogP contribution in [0.15, 0.2) is 61.1 Å². The third-order valence-corrected chi connectivity index (χ3v) is 5.42. The molecule has 0 bridgehead atoms. The van der Waals surface area contributed by atoms with Crippen molar-refractivity contribution in [2.24, 2.45) is 5.41 Å². The fraction of sp³-hybridized carbons (Fsp3) is 0.280. The minimum atomic E-state index is -4.64. The van der Waals surface area contributed by atoms with Crippen LogP contribution < -0.4 is 22.3 Å². The minimum absolute atomic E-state index is 0. The summed E-state index contributed by atoms with van der Waals surface area (Å²) in [6, 6.07) is 7.73. The summed E-state index contributed by atoms with van der Waals surface area (Å²) in [5.74, 6) is -0.331. The molecule has 1 N–H and O–H groups in total. The minimum Gasteiger partial charge on any atom is -1.00 e. The van der Waals surface area contributed by atoms with E-state index in [1.54, 1.807) is 20.8 Å². The van der Waals surface area contributed by atoms with Crippen molar-refractivity contribution in [1.82, 2.24) is 14.6 Å². The number of nitrogens with zero attached hydrogens (tertiary/aromatic N) is 4. The van der Waals surface area contributed by atoms with Crippen molar-refractivity contribution in [1.29, 1.82) is 0 Å².